The maximum atomic E-state index is 11.6. The fraction of sp³-hybridized carbons (Fsp3) is 0. The summed E-state index contributed by atoms with van der Waals surface area (Å²) >= 11 is 4.88. The minimum atomic E-state index is -0.582. The van der Waals surface area contributed by atoms with Crippen LogP contribution in [0.4, 0.5) is 5.69 Å². The normalized spacial score (nSPS) is 13.3. The van der Waals surface area contributed by atoms with Crippen molar-refractivity contribution < 1.29 is 9.59 Å². The highest BCUT2D eigenvalue weighted by molar-refractivity contribution is 9.10. The van der Waals surface area contributed by atoms with E-state index in [2.05, 4.69) is 26.2 Å². The van der Waals surface area contributed by atoms with Crippen molar-refractivity contribution in [3.05, 3.63) is 46.6 Å². The van der Waals surface area contributed by atoms with E-state index >= 15 is 0 Å². The van der Waals surface area contributed by atoms with Crippen LogP contribution in [0.3, 0.4) is 0 Å². The molecule has 2 heterocycles. The van der Waals surface area contributed by atoms with Crippen LogP contribution in [0.2, 0.25) is 0 Å². The predicted octanol–water partition coefficient (Wildman–Crippen LogP) is 3.13. The summed E-state index contributed by atoms with van der Waals surface area (Å²) in [5.74, 6) is -1.08. The number of nitrogens with one attached hydrogen (secondary N) is 1. The number of hydrogen-bond donors (Lipinski definition) is 1. The van der Waals surface area contributed by atoms with E-state index in [0.29, 0.717) is 11.3 Å². The van der Waals surface area contributed by atoms with Crippen LogP contribution in [-0.4, -0.2) is 16.7 Å². The van der Waals surface area contributed by atoms with E-state index in [4.69, 9.17) is 0 Å². The summed E-state index contributed by atoms with van der Waals surface area (Å²) in [6, 6.07) is 9.10. The van der Waals surface area contributed by atoms with Gasteiger partial charge in [0.25, 0.3) is 11.7 Å². The molecule has 19 heavy (non-hydrogen) atoms. The van der Waals surface area contributed by atoms with E-state index in [1.807, 2.05) is 18.2 Å². The zero-order valence-corrected chi connectivity index (χ0v) is 11.9. The lowest BCUT2D eigenvalue weighted by Crippen LogP contribution is -2.12. The molecule has 1 aliphatic heterocycles. The second kappa shape index (κ2) is 4.79. The maximum Gasteiger partial charge on any atom is 0.296 e. The van der Waals surface area contributed by atoms with Gasteiger partial charge in [0.05, 0.1) is 11.3 Å². The first-order valence-corrected chi connectivity index (χ1v) is 7.04. The Morgan fingerprint density at radius 3 is 2.79 bits per heavy atom. The predicted molar refractivity (Wildman–Crippen MR) is 75.5 cm³/mol. The van der Waals surface area contributed by atoms with Crippen LogP contribution in [0.5, 0.6) is 0 Å². The Morgan fingerprint density at radius 2 is 2.05 bits per heavy atom. The molecule has 0 spiro atoms. The quantitative estimate of drug-likeness (QED) is 0.857. The van der Waals surface area contributed by atoms with Gasteiger partial charge >= 0.3 is 0 Å². The van der Waals surface area contributed by atoms with Gasteiger partial charge in [0.1, 0.15) is 5.03 Å². The third-order valence-electron chi connectivity index (χ3n) is 2.62. The molecule has 6 heteroatoms. The number of rotatable bonds is 2. The van der Waals surface area contributed by atoms with Gasteiger partial charge in [-0.3, -0.25) is 9.59 Å². The van der Waals surface area contributed by atoms with Crippen LogP contribution in [0, 0.1) is 0 Å². The first kappa shape index (κ1) is 12.4. The zero-order valence-electron chi connectivity index (χ0n) is 9.51. The van der Waals surface area contributed by atoms with Crippen LogP contribution in [0.1, 0.15) is 10.4 Å². The second-order valence-electron chi connectivity index (χ2n) is 3.88. The molecule has 1 aromatic heterocycles. The second-order valence-corrected chi connectivity index (χ2v) is 5.80. The van der Waals surface area contributed by atoms with Crippen LogP contribution < -0.4 is 5.32 Å². The fourth-order valence-corrected chi connectivity index (χ4v) is 3.15. The molecule has 0 radical (unpaired) electrons. The highest BCUT2D eigenvalue weighted by Crippen LogP contribution is 2.37. The Labute approximate surface area is 121 Å². The molecular formula is C13H7BrN2O2S. The molecule has 0 saturated carbocycles. The highest BCUT2D eigenvalue weighted by atomic mass is 79.9. The molecule has 94 valence electrons. The number of ketones is 1. The van der Waals surface area contributed by atoms with Gasteiger partial charge in [-0.1, -0.05) is 17.8 Å². The van der Waals surface area contributed by atoms with E-state index in [-0.39, 0.29) is 0 Å². The zero-order chi connectivity index (χ0) is 13.4. The van der Waals surface area contributed by atoms with Gasteiger partial charge in [-0.05, 0) is 40.2 Å². The smallest absolute Gasteiger partial charge is 0.296 e. The Kier molecular flexibility index (Phi) is 3.12. The van der Waals surface area contributed by atoms with Crippen molar-refractivity contribution in [1.82, 2.24) is 4.98 Å². The van der Waals surface area contributed by atoms with Gasteiger partial charge in [0.15, 0.2) is 0 Å². The number of nitrogens with zero attached hydrogens (tertiary/aromatic N) is 1. The molecule has 0 unspecified atom stereocenters. The molecule has 1 N–H and O–H groups in total. The summed E-state index contributed by atoms with van der Waals surface area (Å²) < 4.78 is 0.770. The number of amides is 1. The molecular weight excluding hydrogens is 328 g/mol. The standard InChI is InChI=1S/C13H7BrN2O2S/c14-8-5-7-9(16-13(18)12(7)17)6-10(8)19-11-3-1-2-4-15-11/h1-6H,(H,16,17,18). The van der Waals surface area contributed by atoms with Crippen molar-refractivity contribution in [3.63, 3.8) is 0 Å². The van der Waals surface area contributed by atoms with Crippen molar-refractivity contribution in [3.8, 4) is 0 Å². The number of fused-ring (bicyclic) bond motifs is 1. The largest absolute Gasteiger partial charge is 0.318 e. The van der Waals surface area contributed by atoms with Gasteiger partial charge in [-0.25, -0.2) is 4.98 Å². The van der Waals surface area contributed by atoms with Gasteiger partial charge < -0.3 is 5.32 Å². The fourth-order valence-electron chi connectivity index (χ4n) is 1.74. The van der Waals surface area contributed by atoms with Gasteiger partial charge in [-0.2, -0.15) is 0 Å². The Bertz CT molecular complexity index is 689. The molecule has 3 rings (SSSR count). The SMILES string of the molecule is O=C1Nc2cc(Sc3ccccn3)c(Br)cc2C1=O. The number of carbonyl (C=O) groups excluding carboxylic acids is 2. The summed E-state index contributed by atoms with van der Waals surface area (Å²) in [4.78, 5) is 28.0. The van der Waals surface area contributed by atoms with Crippen LogP contribution in [0.15, 0.2) is 50.9 Å². The molecule has 4 nitrogen and oxygen atoms in total. The highest BCUT2D eigenvalue weighted by Gasteiger charge is 2.29. The minimum Gasteiger partial charge on any atom is -0.318 e. The number of hydrogen-bond acceptors (Lipinski definition) is 4. The first-order chi connectivity index (χ1) is 9.15. The van der Waals surface area contributed by atoms with Crippen molar-refractivity contribution >= 4 is 45.1 Å². The molecule has 0 fully saturated rings. The van der Waals surface area contributed by atoms with E-state index < -0.39 is 11.7 Å². The number of benzene rings is 1. The van der Waals surface area contributed by atoms with Gasteiger partial charge in [0, 0.05) is 15.6 Å². The number of aromatic nitrogens is 1. The third kappa shape index (κ3) is 2.29. The molecule has 0 bridgehead atoms. The lowest BCUT2D eigenvalue weighted by Gasteiger charge is -2.06. The first-order valence-electron chi connectivity index (χ1n) is 5.43. The summed E-state index contributed by atoms with van der Waals surface area (Å²) in [7, 11) is 0. The monoisotopic (exact) mass is 334 g/mol. The van der Waals surface area contributed by atoms with Gasteiger partial charge in [-0.15, -0.1) is 0 Å². The molecule has 1 aliphatic rings. The minimum absolute atomic E-state index is 0.405. The number of pyridine rings is 1. The van der Waals surface area contributed by atoms with Crippen LogP contribution in [0.25, 0.3) is 0 Å². The molecule has 0 aliphatic carbocycles. The summed E-state index contributed by atoms with van der Waals surface area (Å²) in [5, 5.41) is 3.40. The lowest BCUT2D eigenvalue weighted by atomic mass is 10.1. The summed E-state index contributed by atoms with van der Waals surface area (Å²) in [6.07, 6.45) is 1.72. The van der Waals surface area contributed by atoms with Crippen molar-refractivity contribution in [1.29, 1.82) is 0 Å². The molecule has 1 amide bonds. The number of Topliss-reactive ketones (excluding diaryl/α,β-unsaturated/α-hetero) is 1. The van der Waals surface area contributed by atoms with E-state index in [1.54, 1.807) is 18.3 Å². The van der Waals surface area contributed by atoms with Crippen molar-refractivity contribution in [2.45, 2.75) is 9.92 Å². The van der Waals surface area contributed by atoms with Gasteiger partial charge in [0.2, 0.25) is 0 Å². The van der Waals surface area contributed by atoms with Crippen LogP contribution in [-0.2, 0) is 4.79 Å². The molecule has 1 aromatic carbocycles. The van der Waals surface area contributed by atoms with E-state index in [0.717, 1.165) is 14.4 Å². The Balaban J connectivity index is 1.99. The number of carbonyl (C=O) groups is 2. The average molecular weight is 335 g/mol. The summed E-state index contributed by atoms with van der Waals surface area (Å²) in [5.41, 5.74) is 0.957. The third-order valence-corrected chi connectivity index (χ3v) is 4.55. The van der Waals surface area contributed by atoms with Crippen molar-refractivity contribution in [2.24, 2.45) is 0 Å². The van der Waals surface area contributed by atoms with E-state index in [1.165, 1.54) is 11.8 Å². The van der Waals surface area contributed by atoms with Crippen LogP contribution >= 0.6 is 27.7 Å². The Morgan fingerprint density at radius 1 is 1.21 bits per heavy atom. The lowest BCUT2D eigenvalue weighted by molar-refractivity contribution is -0.112. The Hall–Kier alpha value is -1.66. The number of halogens is 1. The number of anilines is 1. The van der Waals surface area contributed by atoms with E-state index in [9.17, 15) is 9.59 Å². The molecule has 0 atom stereocenters. The molecule has 2 aromatic rings. The average Bonchev–Trinajstić information content (AvgIpc) is 2.67. The molecule has 0 saturated heterocycles. The topological polar surface area (TPSA) is 59.1 Å². The maximum absolute atomic E-state index is 11.6. The summed E-state index contributed by atoms with van der Waals surface area (Å²) in [6.45, 7) is 0. The van der Waals surface area contributed by atoms with Crippen molar-refractivity contribution in [2.75, 3.05) is 5.32 Å².